The zero-order chi connectivity index (χ0) is 16.7. The van der Waals surface area contributed by atoms with Crippen molar-refractivity contribution >= 4 is 22.9 Å². The third-order valence-electron chi connectivity index (χ3n) is 4.66. The summed E-state index contributed by atoms with van der Waals surface area (Å²) in [6.07, 6.45) is 4.14. The van der Waals surface area contributed by atoms with E-state index in [-0.39, 0.29) is 5.91 Å². The highest BCUT2D eigenvalue weighted by atomic mass is 32.1. The maximum absolute atomic E-state index is 12.6. The van der Waals surface area contributed by atoms with E-state index in [4.69, 9.17) is 0 Å². The molecule has 0 saturated carbocycles. The minimum Gasteiger partial charge on any atom is -0.338 e. The summed E-state index contributed by atoms with van der Waals surface area (Å²) >= 11 is 1.74. The molecule has 4 rings (SSSR count). The molecule has 6 heteroatoms. The second-order valence-corrected chi connectivity index (χ2v) is 7.38. The predicted octanol–water partition coefficient (Wildman–Crippen LogP) is 2.93. The summed E-state index contributed by atoms with van der Waals surface area (Å²) in [5.74, 6) is 0.227. The number of fused-ring (bicyclic) bond motifs is 3. The van der Waals surface area contributed by atoms with Crippen LogP contribution in [0.2, 0.25) is 0 Å². The molecule has 124 valence electrons. The number of carbonyl (C=O) groups excluding carboxylic acids is 1. The second kappa shape index (κ2) is 6.02. The number of aryl methyl sites for hydroxylation is 3. The van der Waals surface area contributed by atoms with Gasteiger partial charge < -0.3 is 4.90 Å². The van der Waals surface area contributed by atoms with Gasteiger partial charge in [0, 0.05) is 48.6 Å². The Bertz CT molecular complexity index is 911. The van der Waals surface area contributed by atoms with Crippen molar-refractivity contribution in [3.05, 3.63) is 51.1 Å². The SMILES string of the molecule is Cc1cc2ncc3c(n2n1)CCN(C(=O)CCc1sccc1C)C3. The summed E-state index contributed by atoms with van der Waals surface area (Å²) in [6, 6.07) is 4.10. The Hall–Kier alpha value is -2.21. The lowest BCUT2D eigenvalue weighted by molar-refractivity contribution is -0.132. The summed E-state index contributed by atoms with van der Waals surface area (Å²) in [7, 11) is 0. The van der Waals surface area contributed by atoms with Crippen LogP contribution in [0, 0.1) is 13.8 Å². The number of hydrogen-bond donors (Lipinski definition) is 0. The number of thiophene rings is 1. The lowest BCUT2D eigenvalue weighted by Crippen LogP contribution is -2.37. The minimum absolute atomic E-state index is 0.227. The highest BCUT2D eigenvalue weighted by Crippen LogP contribution is 2.22. The van der Waals surface area contributed by atoms with Crippen LogP contribution in [0.25, 0.3) is 5.65 Å². The number of hydrogen-bond acceptors (Lipinski definition) is 4. The summed E-state index contributed by atoms with van der Waals surface area (Å²) in [4.78, 5) is 20.3. The Morgan fingerprint density at radius 3 is 3.04 bits per heavy atom. The van der Waals surface area contributed by atoms with Crippen LogP contribution >= 0.6 is 11.3 Å². The monoisotopic (exact) mass is 340 g/mol. The molecule has 0 aromatic carbocycles. The molecule has 0 atom stereocenters. The van der Waals surface area contributed by atoms with Crippen LogP contribution in [0.1, 0.15) is 33.8 Å². The first-order chi connectivity index (χ1) is 11.6. The van der Waals surface area contributed by atoms with E-state index in [0.29, 0.717) is 13.0 Å². The van der Waals surface area contributed by atoms with Crippen molar-refractivity contribution in [1.29, 1.82) is 0 Å². The summed E-state index contributed by atoms with van der Waals surface area (Å²) in [5.41, 5.74) is 5.45. The number of nitrogens with zero attached hydrogens (tertiary/aromatic N) is 4. The molecular formula is C18H20N4OS. The van der Waals surface area contributed by atoms with Crippen LogP contribution in [-0.4, -0.2) is 31.9 Å². The molecular weight excluding hydrogens is 320 g/mol. The molecule has 24 heavy (non-hydrogen) atoms. The fourth-order valence-corrected chi connectivity index (χ4v) is 4.22. The zero-order valence-electron chi connectivity index (χ0n) is 14.0. The average Bonchev–Trinajstić information content (AvgIpc) is 3.16. The van der Waals surface area contributed by atoms with Gasteiger partial charge in [-0.1, -0.05) is 0 Å². The number of amides is 1. The van der Waals surface area contributed by atoms with Gasteiger partial charge in [-0.2, -0.15) is 5.10 Å². The van der Waals surface area contributed by atoms with Crippen LogP contribution in [0.4, 0.5) is 0 Å². The Balaban J connectivity index is 1.48. The van der Waals surface area contributed by atoms with Crippen molar-refractivity contribution in [1.82, 2.24) is 19.5 Å². The van der Waals surface area contributed by atoms with Gasteiger partial charge in [0.05, 0.1) is 11.4 Å². The van der Waals surface area contributed by atoms with E-state index in [1.807, 2.05) is 28.6 Å². The normalized spacial score (nSPS) is 14.2. The van der Waals surface area contributed by atoms with E-state index in [2.05, 4.69) is 28.5 Å². The van der Waals surface area contributed by atoms with Gasteiger partial charge in [-0.25, -0.2) is 9.50 Å². The first kappa shape index (κ1) is 15.3. The van der Waals surface area contributed by atoms with Crippen molar-refractivity contribution in [2.45, 2.75) is 39.7 Å². The molecule has 1 amide bonds. The van der Waals surface area contributed by atoms with Crippen LogP contribution in [-0.2, 0) is 24.2 Å². The molecule has 0 bridgehead atoms. The zero-order valence-corrected chi connectivity index (χ0v) is 14.8. The summed E-state index contributed by atoms with van der Waals surface area (Å²) < 4.78 is 1.93. The van der Waals surface area contributed by atoms with Crippen LogP contribution in [0.15, 0.2) is 23.7 Å². The quantitative estimate of drug-likeness (QED) is 0.737. The molecule has 0 saturated heterocycles. The molecule has 1 aliphatic heterocycles. The standard InChI is InChI=1S/C18H20N4OS/c1-12-6-8-24-16(12)3-4-18(23)21-7-5-15-14(11-21)10-19-17-9-13(2)20-22(15)17/h6,8-10H,3-5,7,11H2,1-2H3. The van der Waals surface area contributed by atoms with Crippen molar-refractivity contribution in [2.24, 2.45) is 0 Å². The van der Waals surface area contributed by atoms with Crippen molar-refractivity contribution < 1.29 is 4.79 Å². The molecule has 0 unspecified atom stereocenters. The Morgan fingerprint density at radius 1 is 1.38 bits per heavy atom. The van der Waals surface area contributed by atoms with Gasteiger partial charge >= 0.3 is 0 Å². The van der Waals surface area contributed by atoms with Gasteiger partial charge in [0.1, 0.15) is 0 Å². The van der Waals surface area contributed by atoms with Gasteiger partial charge in [0.2, 0.25) is 5.91 Å². The largest absolute Gasteiger partial charge is 0.338 e. The van der Waals surface area contributed by atoms with Gasteiger partial charge in [-0.3, -0.25) is 4.79 Å². The molecule has 3 aromatic heterocycles. The first-order valence-corrected chi connectivity index (χ1v) is 9.13. The van der Waals surface area contributed by atoms with E-state index in [0.717, 1.165) is 36.3 Å². The molecule has 0 fully saturated rings. The predicted molar refractivity (Wildman–Crippen MR) is 94.2 cm³/mol. The Morgan fingerprint density at radius 2 is 2.25 bits per heavy atom. The smallest absolute Gasteiger partial charge is 0.223 e. The second-order valence-electron chi connectivity index (χ2n) is 6.38. The fraction of sp³-hybridized carbons (Fsp3) is 0.389. The van der Waals surface area contributed by atoms with Crippen LogP contribution in [0.3, 0.4) is 0 Å². The molecule has 3 aromatic rings. The molecule has 0 aliphatic carbocycles. The molecule has 0 spiro atoms. The molecule has 0 N–H and O–H groups in total. The van der Waals surface area contributed by atoms with Gasteiger partial charge in [-0.05, 0) is 37.3 Å². The lowest BCUT2D eigenvalue weighted by Gasteiger charge is -2.28. The number of carbonyl (C=O) groups is 1. The first-order valence-electron chi connectivity index (χ1n) is 8.25. The van der Waals surface area contributed by atoms with Crippen LogP contribution < -0.4 is 0 Å². The summed E-state index contributed by atoms with van der Waals surface area (Å²) in [5, 5.41) is 6.62. The van der Waals surface area contributed by atoms with E-state index in [1.165, 1.54) is 16.1 Å². The number of rotatable bonds is 3. The van der Waals surface area contributed by atoms with Crippen molar-refractivity contribution in [3.8, 4) is 0 Å². The van der Waals surface area contributed by atoms with Crippen molar-refractivity contribution in [2.75, 3.05) is 6.54 Å². The van der Waals surface area contributed by atoms with E-state index in [1.54, 1.807) is 11.3 Å². The van der Waals surface area contributed by atoms with Crippen LogP contribution in [0.5, 0.6) is 0 Å². The Kier molecular flexibility index (Phi) is 3.84. The fourth-order valence-electron chi connectivity index (χ4n) is 3.31. The highest BCUT2D eigenvalue weighted by Gasteiger charge is 2.23. The minimum atomic E-state index is 0.227. The average molecular weight is 340 g/mol. The molecule has 1 aliphatic rings. The maximum atomic E-state index is 12.6. The topological polar surface area (TPSA) is 50.5 Å². The Labute approximate surface area is 144 Å². The van der Waals surface area contributed by atoms with E-state index in [9.17, 15) is 4.79 Å². The van der Waals surface area contributed by atoms with E-state index < -0.39 is 0 Å². The summed E-state index contributed by atoms with van der Waals surface area (Å²) in [6.45, 7) is 5.48. The molecule has 4 heterocycles. The maximum Gasteiger partial charge on any atom is 0.223 e. The van der Waals surface area contributed by atoms with Gasteiger partial charge in [0.15, 0.2) is 5.65 Å². The highest BCUT2D eigenvalue weighted by molar-refractivity contribution is 7.10. The molecule has 0 radical (unpaired) electrons. The third kappa shape index (κ3) is 2.71. The molecule has 5 nitrogen and oxygen atoms in total. The van der Waals surface area contributed by atoms with Gasteiger partial charge in [-0.15, -0.1) is 11.3 Å². The van der Waals surface area contributed by atoms with E-state index >= 15 is 0 Å². The lowest BCUT2D eigenvalue weighted by atomic mass is 10.1. The van der Waals surface area contributed by atoms with Gasteiger partial charge in [0.25, 0.3) is 0 Å². The number of aromatic nitrogens is 3. The third-order valence-corrected chi connectivity index (χ3v) is 5.74. The van der Waals surface area contributed by atoms with Crippen molar-refractivity contribution in [3.63, 3.8) is 0 Å².